The van der Waals surface area contributed by atoms with E-state index < -0.39 is 7.80 Å². The van der Waals surface area contributed by atoms with Crippen LogP contribution in [0.1, 0.15) is 65.7 Å². The molecular weight excluding hydrogens is 227 g/mol. The van der Waals surface area contributed by atoms with Gasteiger partial charge >= 0.3 is 0 Å². The van der Waals surface area contributed by atoms with E-state index in [9.17, 15) is 4.57 Å². The van der Waals surface area contributed by atoms with Crippen LogP contribution in [0.3, 0.4) is 0 Å². The highest BCUT2D eigenvalue weighted by molar-refractivity contribution is 7.46. The third-order valence-electron chi connectivity index (χ3n) is 5.15. The molecule has 1 nitrogen and oxygen atoms in total. The van der Waals surface area contributed by atoms with E-state index in [1.54, 1.807) is 0 Å². The first-order chi connectivity index (χ1) is 8.09. The van der Waals surface area contributed by atoms with E-state index >= 15 is 0 Å². The van der Waals surface area contributed by atoms with E-state index in [1.165, 1.54) is 44.9 Å². The molecule has 17 heavy (non-hydrogen) atoms. The molecule has 0 radical (unpaired) electrons. The van der Waals surface area contributed by atoms with Crippen LogP contribution in [0.25, 0.3) is 0 Å². The third kappa shape index (κ3) is 3.16. The van der Waals surface area contributed by atoms with Gasteiger partial charge < -0.3 is 4.57 Å². The van der Waals surface area contributed by atoms with E-state index in [-0.39, 0.29) is 0 Å². The van der Waals surface area contributed by atoms with E-state index in [4.69, 9.17) is 0 Å². The predicted octanol–water partition coefficient (Wildman–Crippen LogP) is 4.95. The lowest BCUT2D eigenvalue weighted by Gasteiger charge is -2.38. The summed E-state index contributed by atoms with van der Waals surface area (Å²) in [5.74, 6) is 2.28. The topological polar surface area (TPSA) is 17.1 Å². The normalized spacial score (nSPS) is 37.5. The van der Waals surface area contributed by atoms with Crippen molar-refractivity contribution in [3.05, 3.63) is 0 Å². The largest absolute Gasteiger partial charge is 0.326 e. The first-order valence-corrected chi connectivity index (χ1v) is 9.19. The van der Waals surface area contributed by atoms with Crippen molar-refractivity contribution < 1.29 is 4.57 Å². The molecule has 2 saturated carbocycles. The molecule has 0 saturated heterocycles. The minimum absolute atomic E-state index is 0.576. The van der Waals surface area contributed by atoms with Crippen molar-refractivity contribution in [3.8, 4) is 0 Å². The molecule has 100 valence electrons. The first-order valence-electron chi connectivity index (χ1n) is 7.63. The van der Waals surface area contributed by atoms with Crippen molar-refractivity contribution in [2.75, 3.05) is 0 Å². The summed E-state index contributed by atoms with van der Waals surface area (Å²) in [6.45, 7) is 7.02. The monoisotopic (exact) mass is 256 g/mol. The molecule has 0 bridgehead atoms. The Morgan fingerprint density at radius 3 is 2.29 bits per heavy atom. The summed E-state index contributed by atoms with van der Waals surface area (Å²) in [4.78, 5) is 0. The molecule has 0 N–H and O–H groups in total. The fourth-order valence-corrected chi connectivity index (χ4v) is 7.23. The van der Waals surface area contributed by atoms with Crippen molar-refractivity contribution in [2.45, 2.75) is 77.0 Å². The summed E-state index contributed by atoms with van der Waals surface area (Å²) in [6, 6.07) is 0. The molecular formula is C15H29OP. The Morgan fingerprint density at radius 1 is 1.06 bits per heavy atom. The van der Waals surface area contributed by atoms with Gasteiger partial charge in [-0.15, -0.1) is 0 Å². The second-order valence-corrected chi connectivity index (χ2v) is 9.18. The van der Waals surface area contributed by atoms with Crippen LogP contribution in [0.4, 0.5) is 0 Å². The molecule has 0 aromatic carbocycles. The van der Waals surface area contributed by atoms with Gasteiger partial charge in [-0.3, -0.25) is 0 Å². The molecule has 2 heteroatoms. The summed E-state index contributed by atoms with van der Waals surface area (Å²) in [5, 5.41) is 0. The average Bonchev–Trinajstić information content (AvgIpc) is 2.80. The molecule has 2 rings (SSSR count). The minimum atomic E-state index is -1.34. The average molecular weight is 256 g/mol. The van der Waals surface area contributed by atoms with Gasteiger partial charge in [0.1, 0.15) is 0 Å². The van der Waals surface area contributed by atoms with Crippen molar-refractivity contribution in [2.24, 2.45) is 17.8 Å². The molecule has 0 aromatic heterocycles. The zero-order valence-electron chi connectivity index (χ0n) is 11.7. The van der Waals surface area contributed by atoms with E-state index in [1.807, 2.05) is 0 Å². The molecule has 0 amide bonds. The van der Waals surface area contributed by atoms with Crippen molar-refractivity contribution in [3.63, 3.8) is 0 Å². The van der Waals surface area contributed by atoms with Crippen molar-refractivity contribution in [1.82, 2.24) is 0 Å². The zero-order valence-corrected chi connectivity index (χ0v) is 12.7. The maximum Gasteiger partial charge on any atom is 0.0823 e. The Kier molecular flexibility index (Phi) is 4.75. The lowest BCUT2D eigenvalue weighted by Crippen LogP contribution is -2.31. The highest BCUT2D eigenvalue weighted by Crippen LogP contribution is 2.52. The van der Waals surface area contributed by atoms with Crippen LogP contribution in [0, 0.1) is 17.8 Å². The maximum absolute atomic E-state index is 12.8. The Labute approximate surface area is 108 Å². The molecule has 4 atom stereocenters. The minimum Gasteiger partial charge on any atom is -0.326 e. The SMILES string of the molecule is CC(C)[C@@H]1CC[C@@H](C)C[C@H]1[PH](=O)C1CCCC1. The van der Waals surface area contributed by atoms with Crippen molar-refractivity contribution >= 4 is 7.80 Å². The molecule has 2 fully saturated rings. The summed E-state index contributed by atoms with van der Waals surface area (Å²) < 4.78 is 12.8. The predicted molar refractivity (Wildman–Crippen MR) is 76.4 cm³/mol. The van der Waals surface area contributed by atoms with E-state index in [2.05, 4.69) is 20.8 Å². The Morgan fingerprint density at radius 2 is 1.71 bits per heavy atom. The molecule has 0 spiro atoms. The molecule has 2 aliphatic rings. The fraction of sp³-hybridized carbons (Fsp3) is 1.00. The first kappa shape index (κ1) is 13.7. The number of hydrogen-bond acceptors (Lipinski definition) is 1. The Balaban J connectivity index is 2.05. The third-order valence-corrected chi connectivity index (χ3v) is 7.92. The Bertz CT molecular complexity index is 268. The standard InChI is InChI=1S/C15H29OP/c1-11(2)14-9-8-12(3)10-15(14)17(16)13-6-4-5-7-13/h11-15,17H,4-10H2,1-3H3/t12-,14+,15-/m1/s1. The molecule has 0 heterocycles. The van der Waals surface area contributed by atoms with Gasteiger partial charge in [0.2, 0.25) is 0 Å². The highest BCUT2D eigenvalue weighted by Gasteiger charge is 2.37. The van der Waals surface area contributed by atoms with Gasteiger partial charge in [-0.2, -0.15) is 0 Å². The van der Waals surface area contributed by atoms with Gasteiger partial charge in [0, 0.05) is 11.3 Å². The van der Waals surface area contributed by atoms with Crippen LogP contribution in [0.15, 0.2) is 0 Å². The quantitative estimate of drug-likeness (QED) is 0.653. The summed E-state index contributed by atoms with van der Waals surface area (Å²) in [7, 11) is -1.34. The van der Waals surface area contributed by atoms with Crippen LogP contribution >= 0.6 is 7.80 Å². The van der Waals surface area contributed by atoms with Gasteiger partial charge in [0.15, 0.2) is 0 Å². The van der Waals surface area contributed by atoms with Crippen LogP contribution in [-0.2, 0) is 4.57 Å². The number of hydrogen-bond donors (Lipinski definition) is 0. The van der Waals surface area contributed by atoms with Crippen LogP contribution in [0.5, 0.6) is 0 Å². The second-order valence-electron chi connectivity index (χ2n) is 6.82. The summed E-state index contributed by atoms with van der Waals surface area (Å²) in [6.07, 6.45) is 9.11. The van der Waals surface area contributed by atoms with Gasteiger partial charge in [0.25, 0.3) is 0 Å². The summed E-state index contributed by atoms with van der Waals surface area (Å²) >= 11 is 0. The maximum atomic E-state index is 12.8. The molecule has 2 aliphatic carbocycles. The van der Waals surface area contributed by atoms with E-state index in [0.29, 0.717) is 11.3 Å². The lowest BCUT2D eigenvalue weighted by molar-refractivity contribution is 0.237. The van der Waals surface area contributed by atoms with Gasteiger partial charge in [-0.05, 0) is 43.4 Å². The number of rotatable bonds is 3. The lowest BCUT2D eigenvalue weighted by atomic mass is 9.77. The van der Waals surface area contributed by atoms with Crippen LogP contribution < -0.4 is 0 Å². The molecule has 0 aromatic rings. The summed E-state index contributed by atoms with van der Waals surface area (Å²) in [5.41, 5.74) is 1.18. The smallest absolute Gasteiger partial charge is 0.0823 e. The van der Waals surface area contributed by atoms with Crippen LogP contribution in [-0.4, -0.2) is 11.3 Å². The van der Waals surface area contributed by atoms with Crippen molar-refractivity contribution in [1.29, 1.82) is 0 Å². The van der Waals surface area contributed by atoms with E-state index in [0.717, 1.165) is 17.8 Å². The van der Waals surface area contributed by atoms with Gasteiger partial charge in [-0.25, -0.2) is 0 Å². The zero-order chi connectivity index (χ0) is 12.4. The Hall–Kier alpha value is 0.230. The highest BCUT2D eigenvalue weighted by atomic mass is 31.1. The fourth-order valence-electron chi connectivity index (χ4n) is 4.04. The van der Waals surface area contributed by atoms with Crippen LogP contribution in [0.2, 0.25) is 0 Å². The molecule has 1 unspecified atom stereocenters. The second kappa shape index (κ2) is 5.91. The molecule has 0 aliphatic heterocycles. The van der Waals surface area contributed by atoms with Gasteiger partial charge in [-0.1, -0.05) is 40.0 Å². The van der Waals surface area contributed by atoms with Gasteiger partial charge in [0.05, 0.1) is 7.80 Å².